The molecule has 0 aliphatic carbocycles. The van der Waals surface area contributed by atoms with Crippen LogP contribution in [-0.2, 0) is 30.8 Å². The zero-order valence-corrected chi connectivity index (χ0v) is 18.6. The summed E-state index contributed by atoms with van der Waals surface area (Å²) in [5, 5.41) is 6.90. The van der Waals surface area contributed by atoms with Crippen molar-refractivity contribution in [3.63, 3.8) is 0 Å². The van der Waals surface area contributed by atoms with Gasteiger partial charge in [0.1, 0.15) is 5.82 Å². The van der Waals surface area contributed by atoms with Gasteiger partial charge >= 0.3 is 5.69 Å². The van der Waals surface area contributed by atoms with Gasteiger partial charge in [-0.15, -0.1) is 0 Å². The second kappa shape index (κ2) is 9.88. The van der Waals surface area contributed by atoms with Crippen LogP contribution in [0, 0.1) is 5.92 Å². The van der Waals surface area contributed by atoms with E-state index >= 15 is 0 Å². The first kappa shape index (κ1) is 22.0. The second-order valence-electron chi connectivity index (χ2n) is 7.88. The van der Waals surface area contributed by atoms with Crippen LogP contribution >= 0.6 is 11.3 Å². The minimum Gasteiger partial charge on any atom is -0.352 e. The quantitative estimate of drug-likeness (QED) is 0.515. The van der Waals surface area contributed by atoms with E-state index in [1.54, 1.807) is 11.3 Å². The monoisotopic (exact) mass is 431 g/mol. The maximum Gasteiger partial charge on any atom is 0.330 e. The van der Waals surface area contributed by atoms with E-state index in [0.29, 0.717) is 43.0 Å². The van der Waals surface area contributed by atoms with Gasteiger partial charge in [0, 0.05) is 32.5 Å². The molecule has 0 fully saturated rings. The molecule has 3 heterocycles. The van der Waals surface area contributed by atoms with Gasteiger partial charge in [0.05, 0.1) is 0 Å². The lowest BCUT2D eigenvalue weighted by Crippen LogP contribution is -2.31. The smallest absolute Gasteiger partial charge is 0.330 e. The van der Waals surface area contributed by atoms with E-state index < -0.39 is 11.2 Å². The molecule has 0 aliphatic heterocycles. The van der Waals surface area contributed by atoms with Gasteiger partial charge in [-0.1, -0.05) is 27.2 Å². The Balaban J connectivity index is 1.88. The first-order chi connectivity index (χ1) is 14.4. The Bertz CT molecular complexity index is 1110. The molecule has 8 nitrogen and oxygen atoms in total. The maximum absolute atomic E-state index is 12.6. The number of hydrogen-bond donors (Lipinski definition) is 2. The summed E-state index contributed by atoms with van der Waals surface area (Å²) in [7, 11) is 0. The molecule has 0 aromatic carbocycles. The van der Waals surface area contributed by atoms with Gasteiger partial charge in [0.15, 0.2) is 11.2 Å². The molecule has 0 aliphatic rings. The summed E-state index contributed by atoms with van der Waals surface area (Å²) in [5.41, 5.74) is 1.03. The van der Waals surface area contributed by atoms with Crippen LogP contribution in [0.25, 0.3) is 11.2 Å². The third-order valence-electron chi connectivity index (χ3n) is 4.89. The predicted molar refractivity (Wildman–Crippen MR) is 119 cm³/mol. The van der Waals surface area contributed by atoms with Crippen LogP contribution in [0.4, 0.5) is 0 Å². The molecular weight excluding hydrogens is 402 g/mol. The van der Waals surface area contributed by atoms with Crippen molar-refractivity contribution in [2.45, 2.75) is 66.1 Å². The number of unbranched alkanes of at least 4 members (excludes halogenated alkanes) is 1. The van der Waals surface area contributed by atoms with Crippen molar-refractivity contribution in [1.29, 1.82) is 0 Å². The maximum atomic E-state index is 12.6. The highest BCUT2D eigenvalue weighted by molar-refractivity contribution is 7.07. The number of rotatable bonds is 10. The van der Waals surface area contributed by atoms with Gasteiger partial charge in [-0.05, 0) is 34.7 Å². The standard InChI is InChI=1S/C21H29N5O3S/c1-4-5-9-25-19-18(20(28)24-21(25)29)26(12-14(2)3)16(23-19)6-7-17(27)22-11-15-8-10-30-13-15/h8,10,13-14H,4-7,9,11-12H2,1-3H3,(H,22,27)(H,24,28,29). The van der Waals surface area contributed by atoms with E-state index in [9.17, 15) is 14.4 Å². The minimum atomic E-state index is -0.435. The Kier molecular flexibility index (Phi) is 7.25. The molecule has 3 aromatic heterocycles. The molecular formula is C21H29N5O3S. The summed E-state index contributed by atoms with van der Waals surface area (Å²) < 4.78 is 3.41. The summed E-state index contributed by atoms with van der Waals surface area (Å²) >= 11 is 1.60. The summed E-state index contributed by atoms with van der Waals surface area (Å²) in [6.45, 7) is 7.76. The van der Waals surface area contributed by atoms with Crippen LogP contribution in [0.2, 0.25) is 0 Å². The van der Waals surface area contributed by atoms with Crippen molar-refractivity contribution in [2.75, 3.05) is 0 Å². The zero-order valence-electron chi connectivity index (χ0n) is 17.7. The molecule has 2 N–H and O–H groups in total. The highest BCUT2D eigenvalue weighted by Crippen LogP contribution is 2.16. The van der Waals surface area contributed by atoms with E-state index in [0.717, 1.165) is 18.4 Å². The van der Waals surface area contributed by atoms with E-state index in [1.165, 1.54) is 4.57 Å². The van der Waals surface area contributed by atoms with Crippen molar-refractivity contribution >= 4 is 28.4 Å². The first-order valence-corrected chi connectivity index (χ1v) is 11.3. The largest absolute Gasteiger partial charge is 0.352 e. The van der Waals surface area contributed by atoms with Crippen molar-refractivity contribution in [3.8, 4) is 0 Å². The van der Waals surface area contributed by atoms with Gasteiger partial charge in [0.25, 0.3) is 5.56 Å². The van der Waals surface area contributed by atoms with Crippen molar-refractivity contribution in [3.05, 3.63) is 49.1 Å². The van der Waals surface area contributed by atoms with Gasteiger partial charge in [-0.25, -0.2) is 9.78 Å². The Hall–Kier alpha value is -2.68. The number of aromatic nitrogens is 4. The zero-order chi connectivity index (χ0) is 21.7. The third-order valence-corrected chi connectivity index (χ3v) is 5.63. The topological polar surface area (TPSA) is 102 Å². The normalized spacial score (nSPS) is 11.5. The molecule has 9 heteroatoms. The number of fused-ring (bicyclic) bond motifs is 1. The average Bonchev–Trinajstić information content (AvgIpc) is 3.32. The molecule has 3 rings (SSSR count). The van der Waals surface area contributed by atoms with Crippen LogP contribution in [-0.4, -0.2) is 25.0 Å². The number of hydrogen-bond acceptors (Lipinski definition) is 5. The van der Waals surface area contributed by atoms with Crippen LogP contribution in [0.3, 0.4) is 0 Å². The highest BCUT2D eigenvalue weighted by Gasteiger charge is 2.19. The molecule has 0 saturated heterocycles. The number of thiophene rings is 1. The predicted octanol–water partition coefficient (Wildman–Crippen LogP) is 2.65. The van der Waals surface area contributed by atoms with Crippen LogP contribution in [0.15, 0.2) is 26.4 Å². The molecule has 0 unspecified atom stereocenters. The number of carbonyl (C=O) groups is 1. The molecule has 0 radical (unpaired) electrons. The van der Waals surface area contributed by atoms with E-state index in [-0.39, 0.29) is 18.2 Å². The van der Waals surface area contributed by atoms with E-state index in [1.807, 2.05) is 28.3 Å². The highest BCUT2D eigenvalue weighted by atomic mass is 32.1. The Morgan fingerprint density at radius 3 is 2.77 bits per heavy atom. The van der Waals surface area contributed by atoms with E-state index in [2.05, 4.69) is 29.1 Å². The Morgan fingerprint density at radius 2 is 2.10 bits per heavy atom. The number of nitrogens with one attached hydrogen (secondary N) is 2. The molecule has 30 heavy (non-hydrogen) atoms. The lowest BCUT2D eigenvalue weighted by Gasteiger charge is -2.11. The number of amides is 1. The molecule has 3 aromatic rings. The fourth-order valence-electron chi connectivity index (χ4n) is 3.40. The van der Waals surface area contributed by atoms with Crippen molar-refractivity contribution in [1.82, 2.24) is 24.4 Å². The molecule has 0 atom stereocenters. The summed E-state index contributed by atoms with van der Waals surface area (Å²) in [6, 6.07) is 1.98. The second-order valence-corrected chi connectivity index (χ2v) is 8.66. The molecule has 162 valence electrons. The van der Waals surface area contributed by atoms with Gasteiger partial charge in [0.2, 0.25) is 5.91 Å². The lowest BCUT2D eigenvalue weighted by atomic mass is 10.2. The summed E-state index contributed by atoms with van der Waals surface area (Å²) in [6.07, 6.45) is 2.41. The summed E-state index contributed by atoms with van der Waals surface area (Å²) in [5.74, 6) is 0.872. The number of aromatic amines is 1. The number of aryl methyl sites for hydroxylation is 2. The fraction of sp³-hybridized carbons (Fsp3) is 0.524. The lowest BCUT2D eigenvalue weighted by molar-refractivity contribution is -0.121. The third kappa shape index (κ3) is 5.08. The molecule has 1 amide bonds. The van der Waals surface area contributed by atoms with Gasteiger partial charge < -0.3 is 9.88 Å². The van der Waals surface area contributed by atoms with Crippen LogP contribution < -0.4 is 16.6 Å². The average molecular weight is 432 g/mol. The van der Waals surface area contributed by atoms with Crippen molar-refractivity contribution in [2.24, 2.45) is 5.92 Å². The molecule has 0 spiro atoms. The SMILES string of the molecule is CCCCn1c(=O)[nH]c(=O)c2c1nc(CCC(=O)NCc1ccsc1)n2CC(C)C. The van der Waals surface area contributed by atoms with Crippen LogP contribution in [0.5, 0.6) is 0 Å². The van der Waals surface area contributed by atoms with E-state index in [4.69, 9.17) is 0 Å². The summed E-state index contributed by atoms with van der Waals surface area (Å²) in [4.78, 5) is 44.4. The number of H-pyrrole nitrogens is 1. The molecule has 0 bridgehead atoms. The number of nitrogens with zero attached hydrogens (tertiary/aromatic N) is 3. The van der Waals surface area contributed by atoms with Crippen molar-refractivity contribution < 1.29 is 4.79 Å². The number of imidazole rings is 1. The first-order valence-electron chi connectivity index (χ1n) is 10.4. The minimum absolute atomic E-state index is 0.0679. The Morgan fingerprint density at radius 1 is 1.30 bits per heavy atom. The van der Waals surface area contributed by atoms with Crippen LogP contribution in [0.1, 0.15) is 51.4 Å². The Labute approximate surface area is 179 Å². The number of carbonyl (C=O) groups excluding carboxylic acids is 1. The van der Waals surface area contributed by atoms with Gasteiger partial charge in [-0.2, -0.15) is 11.3 Å². The molecule has 0 saturated carbocycles. The van der Waals surface area contributed by atoms with Gasteiger partial charge in [-0.3, -0.25) is 19.1 Å². The fourth-order valence-corrected chi connectivity index (χ4v) is 4.07.